The average molecular weight is 611 g/mol. The first-order valence-electron chi connectivity index (χ1n) is 15.2. The van der Waals surface area contributed by atoms with Gasteiger partial charge in [0.25, 0.3) is 0 Å². The first kappa shape index (κ1) is 30.7. The number of fused-ring (bicyclic) bond motifs is 1. The summed E-state index contributed by atoms with van der Waals surface area (Å²) in [6.07, 6.45) is -0.285. The van der Waals surface area contributed by atoms with Gasteiger partial charge in [-0.15, -0.1) is 0 Å². The minimum absolute atomic E-state index is 0.108. The van der Waals surface area contributed by atoms with Crippen molar-refractivity contribution in [2.75, 3.05) is 20.8 Å². The van der Waals surface area contributed by atoms with Crippen LogP contribution in [0.25, 0.3) is 0 Å². The van der Waals surface area contributed by atoms with Gasteiger partial charge in [-0.3, -0.25) is 9.89 Å². The van der Waals surface area contributed by atoms with Gasteiger partial charge in [0.15, 0.2) is 5.79 Å². The lowest BCUT2D eigenvalue weighted by Crippen LogP contribution is -2.37. The Morgan fingerprint density at radius 1 is 0.844 bits per heavy atom. The van der Waals surface area contributed by atoms with Crippen molar-refractivity contribution in [3.05, 3.63) is 125 Å². The van der Waals surface area contributed by atoms with Crippen LogP contribution in [0.4, 0.5) is 0 Å². The van der Waals surface area contributed by atoms with E-state index in [0.717, 1.165) is 16.7 Å². The highest BCUT2D eigenvalue weighted by Gasteiger charge is 2.56. The average Bonchev–Trinajstić information content (AvgIpc) is 3.72. The predicted octanol–water partition coefficient (Wildman–Crippen LogP) is 5.54. The molecule has 4 atom stereocenters. The lowest BCUT2D eigenvalue weighted by molar-refractivity contribution is -0.162. The molecule has 0 radical (unpaired) electrons. The molecule has 0 bridgehead atoms. The second-order valence-corrected chi connectivity index (χ2v) is 12.0. The van der Waals surface area contributed by atoms with E-state index in [9.17, 15) is 9.59 Å². The smallest absolute Gasteiger partial charge is 0.341 e. The molecule has 2 aliphatic rings. The number of hydrogen-bond donors (Lipinski definition) is 1. The van der Waals surface area contributed by atoms with Gasteiger partial charge in [0.2, 0.25) is 0 Å². The molecule has 234 valence electrons. The third kappa shape index (κ3) is 5.79. The number of rotatable bonds is 10. The van der Waals surface area contributed by atoms with Crippen molar-refractivity contribution in [3.63, 3.8) is 0 Å². The molecule has 0 spiro atoms. The molecule has 2 fully saturated rings. The number of nitrogens with one attached hydrogen (secondary N) is 1. The number of methoxy groups -OCH3 is 2. The van der Waals surface area contributed by atoms with Gasteiger partial charge in [-0.05, 0) is 37.0 Å². The Morgan fingerprint density at radius 2 is 1.38 bits per heavy atom. The number of H-pyrrole nitrogens is 1. The van der Waals surface area contributed by atoms with Gasteiger partial charge in [0.1, 0.15) is 11.2 Å². The van der Waals surface area contributed by atoms with Crippen molar-refractivity contribution in [2.24, 2.45) is 5.92 Å². The number of hydrogen-bond acceptors (Lipinski definition) is 8. The van der Waals surface area contributed by atoms with Crippen LogP contribution in [0.15, 0.2) is 91.0 Å². The van der Waals surface area contributed by atoms with E-state index in [4.69, 9.17) is 23.7 Å². The molecule has 3 aromatic carbocycles. The summed E-state index contributed by atoms with van der Waals surface area (Å²) in [4.78, 5) is 25.2. The second-order valence-electron chi connectivity index (χ2n) is 12.0. The first-order chi connectivity index (χ1) is 21.8. The third-order valence-electron chi connectivity index (χ3n) is 8.80. The molecule has 1 aliphatic heterocycles. The molecule has 1 N–H and O–H groups in total. The van der Waals surface area contributed by atoms with E-state index in [0.29, 0.717) is 24.4 Å². The van der Waals surface area contributed by atoms with Crippen LogP contribution in [0.1, 0.15) is 64.6 Å². The van der Waals surface area contributed by atoms with E-state index in [1.807, 2.05) is 68.4 Å². The number of aromatic nitrogens is 2. The summed E-state index contributed by atoms with van der Waals surface area (Å²) < 4.78 is 30.1. The van der Waals surface area contributed by atoms with E-state index < -0.39 is 29.4 Å². The zero-order chi connectivity index (χ0) is 31.6. The molecule has 45 heavy (non-hydrogen) atoms. The van der Waals surface area contributed by atoms with Crippen LogP contribution < -0.4 is 0 Å². The monoisotopic (exact) mass is 610 g/mol. The fourth-order valence-electron chi connectivity index (χ4n) is 6.85. The quantitative estimate of drug-likeness (QED) is 0.184. The lowest BCUT2D eigenvalue weighted by Gasteiger charge is -2.37. The van der Waals surface area contributed by atoms with Gasteiger partial charge < -0.3 is 23.7 Å². The molecule has 9 heteroatoms. The zero-order valence-corrected chi connectivity index (χ0v) is 25.9. The van der Waals surface area contributed by atoms with E-state index >= 15 is 0 Å². The number of nitrogens with zero attached hydrogens (tertiary/aromatic N) is 1. The van der Waals surface area contributed by atoms with E-state index in [1.165, 1.54) is 14.2 Å². The molecule has 1 aromatic heterocycles. The van der Waals surface area contributed by atoms with Gasteiger partial charge in [-0.1, -0.05) is 91.0 Å². The summed E-state index contributed by atoms with van der Waals surface area (Å²) in [5, 5.41) is 7.43. The van der Waals surface area contributed by atoms with Crippen LogP contribution >= 0.6 is 0 Å². The number of benzene rings is 3. The summed E-state index contributed by atoms with van der Waals surface area (Å²) in [6, 6.07) is 30.7. The number of ether oxygens (including phenoxy) is 5. The molecule has 0 amide bonds. The Hall–Kier alpha value is -4.31. The SMILES string of the molecule is COC(=O)Cc1[nH]nc([C@@H]2C[C@H](COC(c3ccccc3)(c3ccccc3)c3ccccc3)[C@H]3OC(C)(C)O[C@H]32)c1C(=O)OC. The Labute approximate surface area is 262 Å². The van der Waals surface area contributed by atoms with Gasteiger partial charge in [-0.25, -0.2) is 4.79 Å². The predicted molar refractivity (Wildman–Crippen MR) is 165 cm³/mol. The molecular weight excluding hydrogens is 572 g/mol. The maximum Gasteiger partial charge on any atom is 0.341 e. The molecule has 6 rings (SSSR count). The van der Waals surface area contributed by atoms with E-state index in [2.05, 4.69) is 46.6 Å². The lowest BCUT2D eigenvalue weighted by atomic mass is 9.80. The van der Waals surface area contributed by atoms with Crippen LogP contribution in [-0.4, -0.2) is 61.0 Å². The van der Waals surface area contributed by atoms with Crippen molar-refractivity contribution in [1.82, 2.24) is 10.2 Å². The Morgan fingerprint density at radius 3 is 1.89 bits per heavy atom. The summed E-state index contributed by atoms with van der Waals surface area (Å²) in [5.74, 6) is -2.35. The fourth-order valence-corrected chi connectivity index (χ4v) is 6.85. The standard InChI is InChI=1S/C36H38N2O7/c1-35(2)44-32-23(20-27(33(32)45-35)31-30(34(40)42-4)28(37-38-31)21-29(39)41-3)22-43-36(24-14-8-5-9-15-24,25-16-10-6-11-17-25)26-18-12-7-13-19-26/h5-19,23,27,32-33H,20-22H2,1-4H3,(H,37,38)/t23-,27+,32-,33+/m1/s1. The summed E-state index contributed by atoms with van der Waals surface area (Å²) >= 11 is 0. The van der Waals surface area contributed by atoms with Gasteiger partial charge in [0, 0.05) is 11.8 Å². The number of esters is 2. The molecule has 4 aromatic rings. The summed E-state index contributed by atoms with van der Waals surface area (Å²) in [7, 11) is 2.61. The largest absolute Gasteiger partial charge is 0.469 e. The Kier molecular flexibility index (Phi) is 8.59. The highest BCUT2D eigenvalue weighted by atomic mass is 16.8. The topological polar surface area (TPSA) is 109 Å². The minimum atomic E-state index is -0.899. The highest BCUT2D eigenvalue weighted by Crippen LogP contribution is 2.51. The van der Waals surface area contributed by atoms with Crippen LogP contribution in [0, 0.1) is 5.92 Å². The van der Waals surface area contributed by atoms with Crippen LogP contribution in [0.2, 0.25) is 0 Å². The first-order valence-corrected chi connectivity index (χ1v) is 15.2. The number of carbonyl (C=O) groups is 2. The Bertz CT molecular complexity index is 1520. The zero-order valence-electron chi connectivity index (χ0n) is 25.9. The third-order valence-corrected chi connectivity index (χ3v) is 8.80. The van der Waals surface area contributed by atoms with Gasteiger partial charge in [0.05, 0.1) is 50.8 Å². The van der Waals surface area contributed by atoms with Crippen molar-refractivity contribution in [2.45, 2.75) is 56.2 Å². The second kappa shape index (κ2) is 12.6. The van der Waals surface area contributed by atoms with Gasteiger partial charge >= 0.3 is 11.9 Å². The summed E-state index contributed by atoms with van der Waals surface area (Å²) in [5.41, 5.74) is 3.17. The van der Waals surface area contributed by atoms with Crippen molar-refractivity contribution >= 4 is 11.9 Å². The van der Waals surface area contributed by atoms with Crippen molar-refractivity contribution in [1.29, 1.82) is 0 Å². The van der Waals surface area contributed by atoms with E-state index in [-0.39, 0.29) is 29.9 Å². The molecule has 0 unspecified atom stereocenters. The van der Waals surface area contributed by atoms with E-state index in [1.54, 1.807) is 0 Å². The Balaban J connectivity index is 1.39. The maximum atomic E-state index is 13.0. The minimum Gasteiger partial charge on any atom is -0.469 e. The maximum absolute atomic E-state index is 13.0. The van der Waals surface area contributed by atoms with Crippen LogP contribution in [0.3, 0.4) is 0 Å². The number of aromatic amines is 1. The molecule has 1 saturated carbocycles. The van der Waals surface area contributed by atoms with Crippen molar-refractivity contribution < 1.29 is 33.3 Å². The van der Waals surface area contributed by atoms with Crippen LogP contribution in [0.5, 0.6) is 0 Å². The van der Waals surface area contributed by atoms with Crippen LogP contribution in [-0.2, 0) is 40.5 Å². The molecule has 9 nitrogen and oxygen atoms in total. The molecule has 1 aliphatic carbocycles. The molecular formula is C36H38N2O7. The number of carbonyl (C=O) groups excluding carboxylic acids is 2. The molecule has 1 saturated heterocycles. The highest BCUT2D eigenvalue weighted by molar-refractivity contribution is 5.93. The molecule has 2 heterocycles. The van der Waals surface area contributed by atoms with Crippen molar-refractivity contribution in [3.8, 4) is 0 Å². The fraction of sp³-hybridized carbons (Fsp3) is 0.361. The normalized spacial score (nSPS) is 22.1. The summed E-state index contributed by atoms with van der Waals surface area (Å²) in [6.45, 7) is 4.11. The van der Waals surface area contributed by atoms with Gasteiger partial charge in [-0.2, -0.15) is 5.10 Å².